The number of hydrogen-bond donors (Lipinski definition) is 0. The summed E-state index contributed by atoms with van der Waals surface area (Å²) in [5, 5.41) is 0. The molecule has 100 valence electrons. The summed E-state index contributed by atoms with van der Waals surface area (Å²) in [6.07, 6.45) is -3.33. The molecule has 0 radical (unpaired) electrons. The molecule has 0 unspecified atom stereocenters. The van der Waals surface area contributed by atoms with Crippen LogP contribution in [0.3, 0.4) is 0 Å². The van der Waals surface area contributed by atoms with Gasteiger partial charge in [-0.15, -0.1) is 11.6 Å². The van der Waals surface area contributed by atoms with E-state index in [-0.39, 0.29) is 12.0 Å². The molecule has 1 nitrogen and oxygen atoms in total. The van der Waals surface area contributed by atoms with E-state index in [0.29, 0.717) is 23.2 Å². The molecule has 1 rings (SSSR count). The summed E-state index contributed by atoms with van der Waals surface area (Å²) < 4.78 is 38.6. The first-order valence-corrected chi connectivity index (χ1v) is 6.65. The molecule has 0 spiro atoms. The number of halogens is 5. The van der Waals surface area contributed by atoms with Gasteiger partial charge in [0.1, 0.15) is 0 Å². The lowest BCUT2D eigenvalue weighted by Crippen LogP contribution is -2.13. The molecule has 0 aliphatic heterocycles. The van der Waals surface area contributed by atoms with E-state index in [4.69, 9.17) is 11.6 Å². The highest BCUT2D eigenvalue weighted by atomic mass is 79.9. The van der Waals surface area contributed by atoms with Gasteiger partial charge in [-0.05, 0) is 31.0 Å². The normalized spacial score (nSPS) is 11.6. The predicted molar refractivity (Wildman–Crippen MR) is 68.0 cm³/mol. The van der Waals surface area contributed by atoms with Crippen molar-refractivity contribution in [3.8, 4) is 0 Å². The molecule has 0 saturated heterocycles. The van der Waals surface area contributed by atoms with Crippen molar-refractivity contribution in [2.24, 2.45) is 0 Å². The van der Waals surface area contributed by atoms with Gasteiger partial charge in [-0.2, -0.15) is 13.2 Å². The minimum absolute atomic E-state index is 0.0808. The molecule has 0 fully saturated rings. The molecule has 0 aliphatic rings. The third-order valence-electron chi connectivity index (χ3n) is 2.37. The second kappa shape index (κ2) is 6.57. The van der Waals surface area contributed by atoms with Crippen LogP contribution in [-0.4, -0.2) is 11.7 Å². The van der Waals surface area contributed by atoms with Gasteiger partial charge >= 0.3 is 6.18 Å². The molecule has 0 aliphatic carbocycles. The fourth-order valence-electron chi connectivity index (χ4n) is 1.51. The highest BCUT2D eigenvalue weighted by Crippen LogP contribution is 2.34. The van der Waals surface area contributed by atoms with Crippen molar-refractivity contribution in [2.45, 2.75) is 25.4 Å². The van der Waals surface area contributed by atoms with E-state index in [0.717, 1.165) is 6.07 Å². The van der Waals surface area contributed by atoms with E-state index in [1.165, 1.54) is 12.1 Å². The van der Waals surface area contributed by atoms with Crippen molar-refractivity contribution in [1.82, 2.24) is 0 Å². The number of carbonyl (C=O) groups is 1. The first-order chi connectivity index (χ1) is 8.36. The summed E-state index contributed by atoms with van der Waals surface area (Å²) in [7, 11) is 0. The first-order valence-electron chi connectivity index (χ1n) is 5.32. The fourth-order valence-corrected chi connectivity index (χ4v) is 2.06. The van der Waals surface area contributed by atoms with E-state index >= 15 is 0 Å². The predicted octanol–water partition coefficient (Wildman–Crippen LogP) is 5.06. The maximum Gasteiger partial charge on any atom is 0.417 e. The molecule has 0 heterocycles. The highest BCUT2D eigenvalue weighted by molar-refractivity contribution is 9.10. The third kappa shape index (κ3) is 4.28. The van der Waals surface area contributed by atoms with Gasteiger partial charge in [0, 0.05) is 22.3 Å². The average Bonchev–Trinajstić information content (AvgIpc) is 2.28. The van der Waals surface area contributed by atoms with Crippen molar-refractivity contribution >= 4 is 33.3 Å². The van der Waals surface area contributed by atoms with E-state index in [9.17, 15) is 18.0 Å². The molecular formula is C12H11BrClF3O. The molecule has 0 amide bonds. The van der Waals surface area contributed by atoms with Crippen molar-refractivity contribution in [3.63, 3.8) is 0 Å². The Kier molecular flexibility index (Phi) is 5.66. The molecular weight excluding hydrogens is 332 g/mol. The summed E-state index contributed by atoms with van der Waals surface area (Å²) in [5.74, 6) is -0.0975. The number of Topliss-reactive ketones (excluding diaryl/α,β-unsaturated/α-hetero) is 1. The van der Waals surface area contributed by atoms with Gasteiger partial charge in [0.15, 0.2) is 5.78 Å². The van der Waals surface area contributed by atoms with Crippen molar-refractivity contribution in [2.75, 3.05) is 5.88 Å². The number of carbonyl (C=O) groups excluding carboxylic acids is 1. The maximum absolute atomic E-state index is 12.8. The van der Waals surface area contributed by atoms with Crippen LogP contribution in [0.5, 0.6) is 0 Å². The largest absolute Gasteiger partial charge is 0.417 e. The summed E-state index contributed by atoms with van der Waals surface area (Å²) in [6, 6.07) is 3.56. The lowest BCUT2D eigenvalue weighted by atomic mass is 10.00. The number of hydrogen-bond acceptors (Lipinski definition) is 1. The van der Waals surface area contributed by atoms with Gasteiger partial charge in [0.2, 0.25) is 0 Å². The minimum atomic E-state index is -4.53. The summed E-state index contributed by atoms with van der Waals surface area (Å²) >= 11 is 8.43. The lowest BCUT2D eigenvalue weighted by Gasteiger charge is -2.12. The number of ketones is 1. The molecule has 6 heteroatoms. The van der Waals surface area contributed by atoms with Gasteiger partial charge in [-0.25, -0.2) is 0 Å². The van der Waals surface area contributed by atoms with Crippen LogP contribution in [0.4, 0.5) is 13.2 Å². The van der Waals surface area contributed by atoms with Crippen LogP contribution in [0.15, 0.2) is 22.7 Å². The number of rotatable bonds is 5. The molecule has 1 aromatic carbocycles. The lowest BCUT2D eigenvalue weighted by molar-refractivity contribution is -0.138. The second-order valence-corrected chi connectivity index (χ2v) is 5.05. The van der Waals surface area contributed by atoms with Crippen molar-refractivity contribution < 1.29 is 18.0 Å². The van der Waals surface area contributed by atoms with Crippen LogP contribution in [0.1, 0.15) is 35.2 Å². The van der Waals surface area contributed by atoms with Crippen LogP contribution >= 0.6 is 27.5 Å². The van der Waals surface area contributed by atoms with Crippen molar-refractivity contribution in [1.29, 1.82) is 0 Å². The van der Waals surface area contributed by atoms with Crippen LogP contribution in [0, 0.1) is 0 Å². The van der Waals surface area contributed by atoms with E-state index in [1.54, 1.807) is 0 Å². The Morgan fingerprint density at radius 1 is 1.28 bits per heavy atom. The number of unbranched alkanes of at least 4 members (excludes halogenated alkanes) is 1. The monoisotopic (exact) mass is 342 g/mol. The summed E-state index contributed by atoms with van der Waals surface area (Å²) in [5.41, 5.74) is -1.17. The number of alkyl halides is 4. The Morgan fingerprint density at radius 3 is 2.50 bits per heavy atom. The standard InChI is InChI=1S/C12H11BrClF3O/c13-8-4-5-9(10(7-8)12(15,16)17)11(18)3-1-2-6-14/h4-5,7H,1-3,6H2. The van der Waals surface area contributed by atoms with E-state index < -0.39 is 17.5 Å². The summed E-state index contributed by atoms with van der Waals surface area (Å²) in [4.78, 5) is 11.7. The maximum atomic E-state index is 12.8. The van der Waals surface area contributed by atoms with Gasteiger partial charge < -0.3 is 0 Å². The zero-order valence-corrected chi connectivity index (χ0v) is 11.7. The minimum Gasteiger partial charge on any atom is -0.294 e. The van der Waals surface area contributed by atoms with Crippen LogP contribution in [0.25, 0.3) is 0 Å². The Morgan fingerprint density at radius 2 is 1.94 bits per heavy atom. The Bertz CT molecular complexity index is 432. The van der Waals surface area contributed by atoms with Gasteiger partial charge in [0.25, 0.3) is 0 Å². The Hall–Kier alpha value is -0.550. The van der Waals surface area contributed by atoms with Gasteiger partial charge in [-0.1, -0.05) is 15.9 Å². The zero-order chi connectivity index (χ0) is 13.8. The van der Waals surface area contributed by atoms with Crippen LogP contribution in [0.2, 0.25) is 0 Å². The van der Waals surface area contributed by atoms with Gasteiger partial charge in [0.05, 0.1) is 5.56 Å². The highest BCUT2D eigenvalue weighted by Gasteiger charge is 2.35. The molecule has 1 aromatic rings. The fraction of sp³-hybridized carbons (Fsp3) is 0.417. The molecule has 0 bridgehead atoms. The second-order valence-electron chi connectivity index (χ2n) is 3.76. The van der Waals surface area contributed by atoms with E-state index in [1.807, 2.05) is 0 Å². The van der Waals surface area contributed by atoms with Gasteiger partial charge in [-0.3, -0.25) is 4.79 Å². The first kappa shape index (κ1) is 15.5. The smallest absolute Gasteiger partial charge is 0.294 e. The molecule has 0 aromatic heterocycles. The van der Waals surface area contributed by atoms with E-state index in [2.05, 4.69) is 15.9 Å². The average molecular weight is 344 g/mol. The molecule has 0 N–H and O–H groups in total. The quantitative estimate of drug-likeness (QED) is 0.415. The Balaban J connectivity index is 2.97. The zero-order valence-electron chi connectivity index (χ0n) is 9.36. The van der Waals surface area contributed by atoms with Crippen LogP contribution in [-0.2, 0) is 6.18 Å². The SMILES string of the molecule is O=C(CCCCCl)c1ccc(Br)cc1C(F)(F)F. The molecule has 0 saturated carbocycles. The Labute approximate surface area is 116 Å². The third-order valence-corrected chi connectivity index (χ3v) is 3.14. The summed E-state index contributed by atoms with van der Waals surface area (Å²) in [6.45, 7) is 0. The van der Waals surface area contributed by atoms with Crippen molar-refractivity contribution in [3.05, 3.63) is 33.8 Å². The molecule has 0 atom stereocenters. The number of benzene rings is 1. The van der Waals surface area contributed by atoms with Crippen LogP contribution < -0.4 is 0 Å². The topological polar surface area (TPSA) is 17.1 Å². The molecule has 18 heavy (non-hydrogen) atoms.